The maximum absolute atomic E-state index is 11.7. The van der Waals surface area contributed by atoms with Crippen molar-refractivity contribution >= 4 is 68.8 Å². The molecule has 0 spiro atoms. The molecule has 196 valence electrons. The van der Waals surface area contributed by atoms with Crippen LogP contribution in [-0.2, 0) is 9.59 Å². The van der Waals surface area contributed by atoms with Gasteiger partial charge in [-0.15, -0.1) is 0 Å². The van der Waals surface area contributed by atoms with Crippen molar-refractivity contribution in [3.05, 3.63) is 70.0 Å². The number of benzene rings is 2. The summed E-state index contributed by atoms with van der Waals surface area (Å²) in [5.74, 6) is -4.53. The number of aliphatic carboxylic acids is 2. The molecule has 0 unspecified atom stereocenters. The average molecular weight is 561 g/mol. The van der Waals surface area contributed by atoms with Gasteiger partial charge in [0.1, 0.15) is 24.6 Å². The summed E-state index contributed by atoms with van der Waals surface area (Å²) in [5, 5.41) is 42.7. The molecule has 2 amide bonds. The highest BCUT2D eigenvalue weighted by Gasteiger charge is 2.16. The highest BCUT2D eigenvalue weighted by molar-refractivity contribution is 6.31. The zero-order valence-electron chi connectivity index (χ0n) is 19.1. The van der Waals surface area contributed by atoms with E-state index in [0.717, 1.165) is 0 Å². The van der Waals surface area contributed by atoms with Gasteiger partial charge in [-0.25, -0.2) is 9.97 Å². The van der Waals surface area contributed by atoms with Crippen LogP contribution in [0.15, 0.2) is 48.5 Å². The molecule has 0 saturated heterocycles. The molecule has 4 aromatic rings. The molecular weight excluding hydrogens is 543 g/mol. The highest BCUT2D eigenvalue weighted by atomic mass is 35.5. The molecule has 0 radical (unpaired) electrons. The van der Waals surface area contributed by atoms with E-state index in [9.17, 15) is 29.4 Å². The second-order valence-electron chi connectivity index (χ2n) is 7.54. The van der Waals surface area contributed by atoms with Gasteiger partial charge in [0.25, 0.3) is 11.8 Å². The van der Waals surface area contributed by atoms with Crippen LogP contribution in [-0.4, -0.2) is 67.2 Å². The van der Waals surface area contributed by atoms with Crippen LogP contribution < -0.4 is 10.6 Å². The summed E-state index contributed by atoms with van der Waals surface area (Å²) in [4.78, 5) is 52.0. The topological polar surface area (TPSA) is 199 Å². The van der Waals surface area contributed by atoms with Crippen molar-refractivity contribution in [3.8, 4) is 11.5 Å². The van der Waals surface area contributed by atoms with Gasteiger partial charge in [-0.05, 0) is 36.4 Å². The first-order chi connectivity index (χ1) is 17.9. The van der Waals surface area contributed by atoms with Gasteiger partial charge >= 0.3 is 11.9 Å². The molecule has 0 fully saturated rings. The molecule has 6 N–H and O–H groups in total. The smallest absolute Gasteiger partial charge is 0.322 e. The number of carbonyl (C=O) groups excluding carboxylic acids is 2. The second-order valence-corrected chi connectivity index (χ2v) is 8.41. The van der Waals surface area contributed by atoms with Gasteiger partial charge in [0.2, 0.25) is 0 Å². The largest absolute Gasteiger partial charge is 0.505 e. The lowest BCUT2D eigenvalue weighted by Gasteiger charge is -2.06. The molecule has 0 aliphatic carbocycles. The van der Waals surface area contributed by atoms with Crippen molar-refractivity contribution in [2.45, 2.75) is 0 Å². The van der Waals surface area contributed by atoms with Gasteiger partial charge < -0.3 is 31.1 Å². The number of carboxylic acid groups (broad SMARTS) is 2. The highest BCUT2D eigenvalue weighted by Crippen LogP contribution is 2.25. The summed E-state index contributed by atoms with van der Waals surface area (Å²) in [6.07, 6.45) is 0. The number of fused-ring (bicyclic) bond motifs is 2. The van der Waals surface area contributed by atoms with E-state index in [2.05, 4.69) is 20.6 Å². The lowest BCUT2D eigenvalue weighted by molar-refractivity contribution is -0.136. The third kappa shape index (κ3) is 7.18. The first-order valence-corrected chi connectivity index (χ1v) is 11.3. The summed E-state index contributed by atoms with van der Waals surface area (Å²) in [6.45, 7) is -1.10. The maximum Gasteiger partial charge on any atom is 0.322 e. The normalized spacial score (nSPS) is 10.4. The number of rotatable bonds is 6. The second kappa shape index (κ2) is 12.0. The third-order valence-electron chi connectivity index (χ3n) is 4.75. The van der Waals surface area contributed by atoms with Crippen LogP contribution in [0.5, 0.6) is 11.5 Å². The first kappa shape index (κ1) is 27.9. The van der Waals surface area contributed by atoms with Gasteiger partial charge in [0.05, 0.1) is 11.0 Å². The van der Waals surface area contributed by atoms with Crippen LogP contribution in [0.2, 0.25) is 10.0 Å². The predicted octanol–water partition coefficient (Wildman–Crippen LogP) is 2.82. The molecule has 4 rings (SSSR count). The SMILES string of the molecule is O=C(O)CNC(=O)c1nc2cc(Cl)ccc2cc1O.O=C(O)CNC(=O)c1nc2cc(Cl)ccc2cc1O. The van der Waals surface area contributed by atoms with E-state index < -0.39 is 36.8 Å². The van der Waals surface area contributed by atoms with E-state index in [1.54, 1.807) is 36.4 Å². The van der Waals surface area contributed by atoms with E-state index in [1.807, 2.05) is 0 Å². The molecule has 2 aromatic carbocycles. The Morgan fingerprint density at radius 3 is 1.37 bits per heavy atom. The van der Waals surface area contributed by atoms with E-state index in [1.165, 1.54) is 12.1 Å². The van der Waals surface area contributed by atoms with E-state index in [4.69, 9.17) is 33.4 Å². The van der Waals surface area contributed by atoms with Crippen molar-refractivity contribution < 1.29 is 39.6 Å². The molecule has 14 heteroatoms. The monoisotopic (exact) mass is 560 g/mol. The molecule has 0 atom stereocenters. The van der Waals surface area contributed by atoms with Crippen LogP contribution >= 0.6 is 23.2 Å². The summed E-state index contributed by atoms with van der Waals surface area (Å²) in [6, 6.07) is 12.4. The maximum atomic E-state index is 11.7. The minimum Gasteiger partial charge on any atom is -0.505 e. The number of amides is 2. The van der Waals surface area contributed by atoms with Gasteiger partial charge in [0, 0.05) is 20.8 Å². The van der Waals surface area contributed by atoms with E-state index >= 15 is 0 Å². The average Bonchev–Trinajstić information content (AvgIpc) is 2.85. The number of halogens is 2. The summed E-state index contributed by atoms with van der Waals surface area (Å²) >= 11 is 11.6. The number of aromatic nitrogens is 2. The molecule has 2 heterocycles. The van der Waals surface area contributed by atoms with Crippen LogP contribution in [0.4, 0.5) is 0 Å². The van der Waals surface area contributed by atoms with Crippen molar-refractivity contribution in [2.75, 3.05) is 13.1 Å². The number of pyridine rings is 2. The number of hydrogen-bond acceptors (Lipinski definition) is 8. The zero-order valence-corrected chi connectivity index (χ0v) is 20.6. The number of carboxylic acids is 2. The fourth-order valence-electron chi connectivity index (χ4n) is 3.07. The molecule has 38 heavy (non-hydrogen) atoms. The van der Waals surface area contributed by atoms with Crippen molar-refractivity contribution in [3.63, 3.8) is 0 Å². The quantitative estimate of drug-likeness (QED) is 0.203. The van der Waals surface area contributed by atoms with E-state index in [-0.39, 0.29) is 22.9 Å². The number of nitrogens with zero attached hydrogens (tertiary/aromatic N) is 2. The van der Waals surface area contributed by atoms with Crippen LogP contribution in [0, 0.1) is 0 Å². The molecule has 0 aliphatic heterocycles. The molecule has 0 bridgehead atoms. The Bertz CT molecular complexity index is 1460. The minimum absolute atomic E-state index is 0.240. The predicted molar refractivity (Wildman–Crippen MR) is 137 cm³/mol. The van der Waals surface area contributed by atoms with Gasteiger partial charge in [-0.3, -0.25) is 19.2 Å². The lowest BCUT2D eigenvalue weighted by Crippen LogP contribution is -2.29. The van der Waals surface area contributed by atoms with Crippen LogP contribution in [0.3, 0.4) is 0 Å². The Hall–Kier alpha value is -4.68. The van der Waals surface area contributed by atoms with Gasteiger partial charge in [-0.2, -0.15) is 0 Å². The Labute approximate surface area is 223 Å². The van der Waals surface area contributed by atoms with Crippen molar-refractivity contribution in [2.24, 2.45) is 0 Å². The Morgan fingerprint density at radius 2 is 1.03 bits per heavy atom. The van der Waals surface area contributed by atoms with Crippen molar-refractivity contribution in [1.29, 1.82) is 0 Å². The molecule has 0 aliphatic rings. The fourth-order valence-corrected chi connectivity index (χ4v) is 3.40. The molecule has 2 aromatic heterocycles. The van der Waals surface area contributed by atoms with Gasteiger partial charge in [0.15, 0.2) is 11.4 Å². The Morgan fingerprint density at radius 1 is 0.658 bits per heavy atom. The standard InChI is InChI=1S/2C12H9ClN2O4/c2*13-7-2-1-6-3-9(16)11(15-8(6)4-7)12(19)14-5-10(17)18/h2*1-4,16H,5H2,(H,14,19)(H,17,18). The molecule has 12 nitrogen and oxygen atoms in total. The lowest BCUT2D eigenvalue weighted by atomic mass is 10.2. The van der Waals surface area contributed by atoms with Crippen molar-refractivity contribution in [1.82, 2.24) is 20.6 Å². The molecular formula is C24H18Cl2N4O8. The first-order valence-electron chi connectivity index (χ1n) is 10.5. The summed E-state index contributed by atoms with van der Waals surface area (Å²) < 4.78 is 0. The molecule has 0 saturated carbocycles. The zero-order chi connectivity index (χ0) is 28.0. The minimum atomic E-state index is -1.18. The summed E-state index contributed by atoms with van der Waals surface area (Å²) in [7, 11) is 0. The third-order valence-corrected chi connectivity index (χ3v) is 5.22. The number of hydrogen-bond donors (Lipinski definition) is 6. The van der Waals surface area contributed by atoms with Gasteiger partial charge in [-0.1, -0.05) is 35.3 Å². The van der Waals surface area contributed by atoms with Crippen LogP contribution in [0.25, 0.3) is 21.8 Å². The number of carbonyl (C=O) groups is 4. The number of aromatic hydroxyl groups is 2. The van der Waals surface area contributed by atoms with Crippen LogP contribution in [0.1, 0.15) is 21.0 Å². The Kier molecular flexibility index (Phi) is 8.84. The summed E-state index contributed by atoms with van der Waals surface area (Å²) in [5.41, 5.74) is 0.392. The Balaban J connectivity index is 0.000000211. The van der Waals surface area contributed by atoms with E-state index in [0.29, 0.717) is 31.9 Å². The fraction of sp³-hybridized carbons (Fsp3) is 0.0833. The number of nitrogens with one attached hydrogen (secondary N) is 2.